The van der Waals surface area contributed by atoms with E-state index in [1.54, 1.807) is 0 Å². The van der Waals surface area contributed by atoms with E-state index in [1.807, 2.05) is 12.1 Å². The van der Waals surface area contributed by atoms with Crippen molar-refractivity contribution in [2.75, 3.05) is 0 Å². The highest BCUT2D eigenvalue weighted by atomic mass is 19.1. The van der Waals surface area contributed by atoms with Gasteiger partial charge in [0.1, 0.15) is 11.6 Å². The first-order valence-electron chi connectivity index (χ1n) is 6.70. The van der Waals surface area contributed by atoms with E-state index in [9.17, 15) is 8.78 Å². The summed E-state index contributed by atoms with van der Waals surface area (Å²) < 4.78 is 26.4. The van der Waals surface area contributed by atoms with Crippen LogP contribution in [0.4, 0.5) is 8.78 Å². The molecule has 0 bridgehead atoms. The molecule has 0 radical (unpaired) electrons. The van der Waals surface area contributed by atoms with Crippen LogP contribution in [0.2, 0.25) is 0 Å². The van der Waals surface area contributed by atoms with Gasteiger partial charge in [-0.2, -0.15) is 0 Å². The number of hydrogen-bond donors (Lipinski definition) is 0. The number of halogens is 2. The predicted molar refractivity (Wildman–Crippen MR) is 75.1 cm³/mol. The fourth-order valence-electron chi connectivity index (χ4n) is 2.43. The van der Waals surface area contributed by atoms with Gasteiger partial charge in [0.2, 0.25) is 0 Å². The van der Waals surface area contributed by atoms with Crippen molar-refractivity contribution < 1.29 is 8.78 Å². The minimum atomic E-state index is -0.543. The maximum Gasteiger partial charge on any atom is 0.126 e. The molecule has 0 aromatic heterocycles. The molecule has 2 aromatic carbocycles. The molecule has 0 fully saturated rings. The Morgan fingerprint density at radius 2 is 1.32 bits per heavy atom. The molecule has 0 saturated heterocycles. The van der Waals surface area contributed by atoms with Gasteiger partial charge in [0.25, 0.3) is 0 Å². The molecule has 0 nitrogen and oxygen atoms in total. The quantitative estimate of drug-likeness (QED) is 0.677. The molecule has 0 N–H and O–H groups in total. The van der Waals surface area contributed by atoms with Crippen molar-refractivity contribution in [3.8, 4) is 11.1 Å². The predicted octanol–water partition coefficient (Wildman–Crippen LogP) is 5.54. The molecular formula is C17H18F2. The maximum atomic E-state index is 13.2. The minimum Gasteiger partial charge on any atom is -0.207 e. The lowest BCUT2D eigenvalue weighted by molar-refractivity contribution is 0.584. The molecule has 0 aliphatic heterocycles. The second kappa shape index (κ2) is 5.96. The topological polar surface area (TPSA) is 0 Å². The van der Waals surface area contributed by atoms with E-state index in [-0.39, 0.29) is 0 Å². The van der Waals surface area contributed by atoms with Crippen LogP contribution in [0.25, 0.3) is 11.1 Å². The van der Waals surface area contributed by atoms with Crippen LogP contribution in [0, 0.1) is 11.6 Å². The van der Waals surface area contributed by atoms with Crippen LogP contribution in [0.5, 0.6) is 0 Å². The number of benzene rings is 2. The SMILES string of the molecule is CCC(CC)c1ccc(-c2cc(F)cc(F)c2)cc1. The molecule has 0 aliphatic rings. The summed E-state index contributed by atoms with van der Waals surface area (Å²) in [5.41, 5.74) is 2.70. The van der Waals surface area contributed by atoms with Gasteiger partial charge in [-0.05, 0) is 47.6 Å². The fourth-order valence-corrected chi connectivity index (χ4v) is 2.43. The van der Waals surface area contributed by atoms with Crippen molar-refractivity contribution in [2.45, 2.75) is 32.6 Å². The molecule has 2 heteroatoms. The van der Waals surface area contributed by atoms with E-state index >= 15 is 0 Å². The molecule has 2 aromatic rings. The Morgan fingerprint density at radius 3 is 1.79 bits per heavy atom. The Balaban J connectivity index is 2.32. The van der Waals surface area contributed by atoms with Crippen LogP contribution in [0.1, 0.15) is 38.2 Å². The largest absolute Gasteiger partial charge is 0.207 e. The molecule has 0 saturated carbocycles. The van der Waals surface area contributed by atoms with Crippen LogP contribution in [0.3, 0.4) is 0 Å². The summed E-state index contributed by atoms with van der Waals surface area (Å²) in [5, 5.41) is 0. The van der Waals surface area contributed by atoms with Gasteiger partial charge < -0.3 is 0 Å². The highest BCUT2D eigenvalue weighted by Gasteiger charge is 2.08. The van der Waals surface area contributed by atoms with Gasteiger partial charge in [0.15, 0.2) is 0 Å². The van der Waals surface area contributed by atoms with Crippen LogP contribution in [-0.2, 0) is 0 Å². The standard InChI is InChI=1S/C17H18F2/c1-3-12(4-2)13-5-7-14(8-6-13)15-9-16(18)11-17(19)10-15/h5-12H,3-4H2,1-2H3. The van der Waals surface area contributed by atoms with Crippen molar-refractivity contribution in [1.82, 2.24) is 0 Å². The highest BCUT2D eigenvalue weighted by Crippen LogP contribution is 2.27. The van der Waals surface area contributed by atoms with E-state index in [1.165, 1.54) is 17.7 Å². The van der Waals surface area contributed by atoms with Crippen molar-refractivity contribution in [3.05, 3.63) is 59.7 Å². The summed E-state index contributed by atoms with van der Waals surface area (Å²) in [6.07, 6.45) is 2.20. The van der Waals surface area contributed by atoms with Crippen molar-refractivity contribution in [1.29, 1.82) is 0 Å². The third kappa shape index (κ3) is 3.19. The summed E-state index contributed by atoms with van der Waals surface area (Å²) in [6.45, 7) is 4.34. The van der Waals surface area contributed by atoms with Crippen molar-refractivity contribution in [2.24, 2.45) is 0 Å². The van der Waals surface area contributed by atoms with Crippen LogP contribution in [-0.4, -0.2) is 0 Å². The first-order valence-corrected chi connectivity index (χ1v) is 6.70. The zero-order valence-corrected chi connectivity index (χ0v) is 11.3. The lowest BCUT2D eigenvalue weighted by atomic mass is 9.92. The summed E-state index contributed by atoms with van der Waals surface area (Å²) in [4.78, 5) is 0. The molecule has 19 heavy (non-hydrogen) atoms. The van der Waals surface area contributed by atoms with Gasteiger partial charge in [-0.25, -0.2) is 8.78 Å². The second-order valence-corrected chi connectivity index (χ2v) is 4.79. The van der Waals surface area contributed by atoms with Gasteiger partial charge in [-0.15, -0.1) is 0 Å². The number of rotatable bonds is 4. The lowest BCUT2D eigenvalue weighted by Gasteiger charge is -2.13. The summed E-state index contributed by atoms with van der Waals surface area (Å²) >= 11 is 0. The summed E-state index contributed by atoms with van der Waals surface area (Å²) in [5.74, 6) is -0.531. The van der Waals surface area contributed by atoms with Crippen LogP contribution in [0.15, 0.2) is 42.5 Å². The summed E-state index contributed by atoms with van der Waals surface area (Å²) in [6, 6.07) is 11.6. The average Bonchev–Trinajstić information content (AvgIpc) is 2.40. The Hall–Kier alpha value is -1.70. The van der Waals surface area contributed by atoms with E-state index in [2.05, 4.69) is 26.0 Å². The minimum absolute atomic E-state index is 0.543. The van der Waals surface area contributed by atoms with Crippen molar-refractivity contribution in [3.63, 3.8) is 0 Å². The van der Waals surface area contributed by atoms with Crippen LogP contribution >= 0.6 is 0 Å². The normalized spacial score (nSPS) is 11.0. The molecular weight excluding hydrogens is 242 g/mol. The molecule has 0 unspecified atom stereocenters. The molecule has 0 amide bonds. The highest BCUT2D eigenvalue weighted by molar-refractivity contribution is 5.63. The Morgan fingerprint density at radius 1 is 0.789 bits per heavy atom. The van der Waals surface area contributed by atoms with Gasteiger partial charge in [0.05, 0.1) is 0 Å². The third-order valence-electron chi connectivity index (χ3n) is 3.56. The fraction of sp³-hybridized carbons (Fsp3) is 0.294. The van der Waals surface area contributed by atoms with Crippen molar-refractivity contribution >= 4 is 0 Å². The first kappa shape index (κ1) is 13.7. The molecule has 0 atom stereocenters. The molecule has 0 aliphatic carbocycles. The average molecular weight is 260 g/mol. The molecule has 0 spiro atoms. The maximum absolute atomic E-state index is 13.2. The van der Waals surface area contributed by atoms with E-state index in [0.29, 0.717) is 11.5 Å². The lowest BCUT2D eigenvalue weighted by Crippen LogP contribution is -1.95. The van der Waals surface area contributed by atoms with Gasteiger partial charge in [-0.3, -0.25) is 0 Å². The van der Waals surface area contributed by atoms with E-state index in [0.717, 1.165) is 24.5 Å². The molecule has 2 rings (SSSR count). The Labute approximate surface area is 113 Å². The first-order chi connectivity index (χ1) is 9.13. The van der Waals surface area contributed by atoms with Gasteiger partial charge in [-0.1, -0.05) is 38.1 Å². The Bertz CT molecular complexity index is 519. The van der Waals surface area contributed by atoms with Gasteiger partial charge in [0, 0.05) is 6.07 Å². The summed E-state index contributed by atoms with van der Waals surface area (Å²) in [7, 11) is 0. The zero-order valence-electron chi connectivity index (χ0n) is 11.3. The van der Waals surface area contributed by atoms with E-state index in [4.69, 9.17) is 0 Å². The van der Waals surface area contributed by atoms with Crippen LogP contribution < -0.4 is 0 Å². The monoisotopic (exact) mass is 260 g/mol. The molecule has 0 heterocycles. The third-order valence-corrected chi connectivity index (χ3v) is 3.56. The molecule has 100 valence electrons. The zero-order chi connectivity index (χ0) is 13.8. The second-order valence-electron chi connectivity index (χ2n) is 4.79. The smallest absolute Gasteiger partial charge is 0.126 e. The van der Waals surface area contributed by atoms with Gasteiger partial charge >= 0.3 is 0 Å². The Kier molecular flexibility index (Phi) is 4.31. The number of hydrogen-bond acceptors (Lipinski definition) is 0. The van der Waals surface area contributed by atoms with E-state index < -0.39 is 11.6 Å².